The van der Waals surface area contributed by atoms with E-state index in [1.165, 1.54) is 31.4 Å². The van der Waals surface area contributed by atoms with Gasteiger partial charge < -0.3 is 10.8 Å². The van der Waals surface area contributed by atoms with Crippen LogP contribution in [-0.4, -0.2) is 34.4 Å². The quantitative estimate of drug-likeness (QED) is 0.262. The van der Waals surface area contributed by atoms with Gasteiger partial charge in [-0.05, 0) is 56.3 Å². The van der Waals surface area contributed by atoms with Gasteiger partial charge in [0, 0.05) is 11.3 Å². The molecule has 0 atom stereocenters. The van der Waals surface area contributed by atoms with E-state index in [1.54, 1.807) is 67.6 Å². The molecule has 2 aromatic carbocycles. The van der Waals surface area contributed by atoms with Crippen molar-refractivity contribution in [2.45, 2.75) is 6.92 Å². The molecular weight excluding hydrogens is 490 g/mol. The highest BCUT2D eigenvalue weighted by atomic mass is 16.3. The molecule has 38 heavy (non-hydrogen) atoms. The minimum absolute atomic E-state index is 0.272. The lowest BCUT2D eigenvalue weighted by Crippen LogP contribution is -2.54. The number of carbonyl (C=O) groups is 3. The SMILES string of the molecule is CC(C=Cc1c([O-])n(-c2ccccc2)c(=O)[nH]c1=O)=CC=C1C(=O)NC(=O)N(c2ccccc2)C1=O.CN. The standard InChI is InChI=1S/C26H20N4O6.CH5N/c1-16(12-14-19-21(31)27-25(35)29(23(19)33)17-8-4-2-5-9-17)13-15-20-22(32)28-26(36)30(24(20)34)18-10-6-3-7-11-18;1-2/h2-15,33H,1H3,(H,27,31,35)(H,28,32,36);2H2,1H3/p-1. The molecule has 11 nitrogen and oxygen atoms in total. The largest absolute Gasteiger partial charge is 0.859 e. The van der Waals surface area contributed by atoms with Crippen molar-refractivity contribution >= 4 is 29.6 Å². The second-order valence-electron chi connectivity index (χ2n) is 7.71. The topological polar surface area (TPSA) is 170 Å². The fraction of sp³-hybridized carbons (Fsp3) is 0.0741. The maximum absolute atomic E-state index is 12.8. The van der Waals surface area contributed by atoms with Gasteiger partial charge in [-0.1, -0.05) is 54.1 Å². The van der Waals surface area contributed by atoms with Gasteiger partial charge in [0.1, 0.15) is 5.57 Å². The minimum Gasteiger partial charge on any atom is -0.859 e. The number of nitrogens with two attached hydrogens (primary N) is 1. The van der Waals surface area contributed by atoms with Gasteiger partial charge in [0.15, 0.2) is 0 Å². The number of imide groups is 2. The third kappa shape index (κ3) is 5.74. The third-order valence-electron chi connectivity index (χ3n) is 5.26. The van der Waals surface area contributed by atoms with Crippen molar-refractivity contribution < 1.29 is 19.5 Å². The average molecular weight is 515 g/mol. The molecule has 4 amide bonds. The van der Waals surface area contributed by atoms with Crippen molar-refractivity contribution in [2.75, 3.05) is 11.9 Å². The highest BCUT2D eigenvalue weighted by Crippen LogP contribution is 2.20. The van der Waals surface area contributed by atoms with Crippen LogP contribution in [0.15, 0.2) is 99.6 Å². The van der Waals surface area contributed by atoms with Crippen LogP contribution in [0.25, 0.3) is 11.8 Å². The predicted molar refractivity (Wildman–Crippen MR) is 141 cm³/mol. The summed E-state index contributed by atoms with van der Waals surface area (Å²) in [6.07, 6.45) is 5.34. The Bertz CT molecular complexity index is 1570. The number of carbonyl (C=O) groups excluding carboxylic acids is 3. The van der Waals surface area contributed by atoms with E-state index in [9.17, 15) is 29.1 Å². The van der Waals surface area contributed by atoms with Crippen LogP contribution in [0.3, 0.4) is 0 Å². The summed E-state index contributed by atoms with van der Waals surface area (Å²) in [5.41, 5.74) is 3.33. The van der Waals surface area contributed by atoms with E-state index in [4.69, 9.17) is 0 Å². The molecule has 1 fully saturated rings. The Morgan fingerprint density at radius 2 is 1.47 bits per heavy atom. The van der Waals surface area contributed by atoms with Crippen molar-refractivity contribution in [1.82, 2.24) is 14.9 Å². The normalized spacial score (nSPS) is 14.9. The number of H-pyrrole nitrogens is 1. The number of nitrogens with one attached hydrogen (secondary N) is 2. The number of hydrogen-bond acceptors (Lipinski definition) is 7. The summed E-state index contributed by atoms with van der Waals surface area (Å²) in [6.45, 7) is 1.62. The Hall–Kier alpha value is -5.29. The van der Waals surface area contributed by atoms with Crippen LogP contribution in [0.2, 0.25) is 0 Å². The molecule has 0 bridgehead atoms. The first-order valence-electron chi connectivity index (χ1n) is 11.3. The molecule has 0 unspecified atom stereocenters. The maximum atomic E-state index is 12.8. The van der Waals surface area contributed by atoms with Gasteiger partial charge in [-0.3, -0.25) is 29.3 Å². The Morgan fingerprint density at radius 3 is 2.08 bits per heavy atom. The molecule has 0 aliphatic carbocycles. The lowest BCUT2D eigenvalue weighted by Gasteiger charge is -2.26. The number of barbiturate groups is 1. The highest BCUT2D eigenvalue weighted by Gasteiger charge is 2.36. The number of benzene rings is 2. The molecule has 194 valence electrons. The molecular formula is C27H24N5O6-. The van der Waals surface area contributed by atoms with Crippen molar-refractivity contribution in [3.8, 4) is 11.6 Å². The number of para-hydroxylation sites is 2. The smallest absolute Gasteiger partial charge is 0.335 e. The molecule has 0 saturated carbocycles. The number of urea groups is 1. The van der Waals surface area contributed by atoms with Crippen LogP contribution >= 0.6 is 0 Å². The monoisotopic (exact) mass is 514 g/mol. The minimum atomic E-state index is -0.857. The van der Waals surface area contributed by atoms with Crippen LogP contribution in [0, 0.1) is 0 Å². The number of anilines is 1. The first-order valence-corrected chi connectivity index (χ1v) is 11.3. The van der Waals surface area contributed by atoms with Gasteiger partial charge in [0.05, 0.1) is 5.69 Å². The first-order chi connectivity index (χ1) is 18.3. The summed E-state index contributed by atoms with van der Waals surface area (Å²) in [5.74, 6) is -2.44. The number of amides is 4. The number of nitrogens with zero attached hydrogens (tertiary/aromatic N) is 2. The van der Waals surface area contributed by atoms with Crippen LogP contribution in [0.5, 0.6) is 5.88 Å². The summed E-state index contributed by atoms with van der Waals surface area (Å²) in [5, 5.41) is 15.0. The lowest BCUT2D eigenvalue weighted by atomic mass is 10.1. The molecule has 3 aromatic rings. The molecule has 0 radical (unpaired) electrons. The van der Waals surface area contributed by atoms with Crippen molar-refractivity contribution in [3.05, 3.63) is 116 Å². The summed E-state index contributed by atoms with van der Waals surface area (Å²) < 4.78 is 0.850. The van der Waals surface area contributed by atoms with Crippen molar-refractivity contribution in [1.29, 1.82) is 0 Å². The van der Waals surface area contributed by atoms with E-state index in [2.05, 4.69) is 16.0 Å². The first kappa shape index (κ1) is 27.3. The second kappa shape index (κ2) is 12.1. The molecule has 1 saturated heterocycles. The van der Waals surface area contributed by atoms with Crippen LogP contribution in [0.4, 0.5) is 10.5 Å². The summed E-state index contributed by atoms with van der Waals surface area (Å²) in [7, 11) is 1.50. The lowest BCUT2D eigenvalue weighted by molar-refractivity contribution is -0.278. The zero-order valence-corrected chi connectivity index (χ0v) is 20.5. The Kier molecular flexibility index (Phi) is 8.69. The van der Waals surface area contributed by atoms with Gasteiger partial charge >= 0.3 is 11.7 Å². The van der Waals surface area contributed by atoms with Crippen LogP contribution in [0.1, 0.15) is 12.5 Å². The predicted octanol–water partition coefficient (Wildman–Crippen LogP) is 1.34. The Labute approximate surface area is 216 Å². The van der Waals surface area contributed by atoms with E-state index in [0.717, 1.165) is 9.47 Å². The Morgan fingerprint density at radius 1 is 0.895 bits per heavy atom. The van der Waals surface area contributed by atoms with Gasteiger partial charge in [-0.25, -0.2) is 14.5 Å². The van der Waals surface area contributed by atoms with E-state index >= 15 is 0 Å². The summed E-state index contributed by atoms with van der Waals surface area (Å²) in [6, 6.07) is 15.4. The van der Waals surface area contributed by atoms with E-state index in [-0.39, 0.29) is 11.1 Å². The maximum Gasteiger partial charge on any atom is 0.335 e. The number of rotatable bonds is 5. The van der Waals surface area contributed by atoms with Gasteiger partial charge in [-0.2, -0.15) is 0 Å². The zero-order valence-electron chi connectivity index (χ0n) is 20.5. The number of aromatic nitrogens is 2. The number of allylic oxidation sites excluding steroid dienone is 4. The van der Waals surface area contributed by atoms with E-state index in [1.807, 2.05) is 0 Å². The fourth-order valence-corrected chi connectivity index (χ4v) is 3.46. The van der Waals surface area contributed by atoms with Crippen molar-refractivity contribution in [2.24, 2.45) is 5.73 Å². The summed E-state index contributed by atoms with van der Waals surface area (Å²) in [4.78, 5) is 64.8. The van der Waals surface area contributed by atoms with Crippen LogP contribution < -0.4 is 32.3 Å². The number of aromatic amines is 1. The molecule has 0 spiro atoms. The van der Waals surface area contributed by atoms with Gasteiger partial charge in [0.2, 0.25) is 0 Å². The summed E-state index contributed by atoms with van der Waals surface area (Å²) >= 11 is 0. The van der Waals surface area contributed by atoms with E-state index < -0.39 is 35.0 Å². The van der Waals surface area contributed by atoms with Crippen molar-refractivity contribution in [3.63, 3.8) is 0 Å². The molecule has 1 aliphatic heterocycles. The van der Waals surface area contributed by atoms with Gasteiger partial charge in [-0.15, -0.1) is 0 Å². The van der Waals surface area contributed by atoms with Gasteiger partial charge in [0.25, 0.3) is 17.4 Å². The fourth-order valence-electron chi connectivity index (χ4n) is 3.46. The molecule has 4 N–H and O–H groups in total. The molecule has 1 aliphatic rings. The highest BCUT2D eigenvalue weighted by molar-refractivity contribution is 6.37. The number of hydrogen-bond donors (Lipinski definition) is 3. The molecule has 11 heteroatoms. The molecule has 2 heterocycles. The van der Waals surface area contributed by atoms with E-state index in [0.29, 0.717) is 16.9 Å². The zero-order chi connectivity index (χ0) is 27.8. The average Bonchev–Trinajstić information content (AvgIpc) is 2.90. The Balaban J connectivity index is 0.00000195. The third-order valence-corrected chi connectivity index (χ3v) is 5.26. The molecule has 4 rings (SSSR count). The second-order valence-corrected chi connectivity index (χ2v) is 7.71. The van der Waals surface area contributed by atoms with Crippen LogP contribution in [-0.2, 0) is 9.59 Å². The molecule has 1 aromatic heterocycles.